The molecule has 23 aromatic rings. The van der Waals surface area contributed by atoms with Crippen LogP contribution in [0.5, 0.6) is 0 Å². The Labute approximate surface area is 701 Å². The molecule has 0 unspecified atom stereocenters. The molecule has 0 bridgehead atoms. The van der Waals surface area contributed by atoms with Crippen molar-refractivity contribution in [3.8, 4) is 136 Å². The van der Waals surface area contributed by atoms with Gasteiger partial charge in [0, 0.05) is 132 Å². The first-order valence-corrected chi connectivity index (χ1v) is 40.2. The maximum atomic E-state index is 5.20. The number of aromatic nitrogens is 14. The highest BCUT2D eigenvalue weighted by Crippen LogP contribution is 2.40. The van der Waals surface area contributed by atoms with E-state index in [1.165, 1.54) is 5.39 Å². The van der Waals surface area contributed by atoms with Crippen LogP contribution in [0, 0.1) is 0 Å². The van der Waals surface area contributed by atoms with Crippen LogP contribution in [0.4, 0.5) is 0 Å². The topological polar surface area (TPSA) is 180 Å². The summed E-state index contributed by atoms with van der Waals surface area (Å²) in [7, 11) is 0. The summed E-state index contributed by atoms with van der Waals surface area (Å²) in [5.74, 6) is 2.16. The third-order valence-electron chi connectivity index (χ3n) is 22.1. The highest BCUT2D eigenvalue weighted by atomic mass is 15.1. The lowest BCUT2D eigenvalue weighted by Crippen LogP contribution is -2.03. The van der Waals surface area contributed by atoms with E-state index in [1.807, 2.05) is 195 Å². The van der Waals surface area contributed by atoms with Gasteiger partial charge < -0.3 is 0 Å². The van der Waals surface area contributed by atoms with Gasteiger partial charge in [-0.2, -0.15) is 0 Å². The Morgan fingerprint density at radius 3 is 1.11 bits per heavy atom. The van der Waals surface area contributed by atoms with Crippen molar-refractivity contribution in [1.82, 2.24) is 69.8 Å². The molecule has 0 fully saturated rings. The molecule has 570 valence electrons. The van der Waals surface area contributed by atoms with Crippen molar-refractivity contribution in [1.29, 1.82) is 0 Å². The van der Waals surface area contributed by atoms with Gasteiger partial charge in [0.15, 0.2) is 23.3 Å². The van der Waals surface area contributed by atoms with E-state index in [9.17, 15) is 0 Å². The SMILES string of the molecule is c1cc(-c2cc(-c3cccc4ccccc34)nc(-c3nccc4ccccc34)n2)cc(-c2nccc3ccccc23)c1.c1ccc(-c2ccc(-c3cc(-c4cccc5ncccc45)nc(-c4cccc5ncccc45)c3)cc2)nc1.c1ccc2ncc(-c3ccc(-c4nc(-c5nccc6ccccc56)nc(-c5nccc6ccccc56)n4)cc3)cc2c1. The minimum atomic E-state index is 0.504. The Balaban J connectivity index is 0.000000113. The number of rotatable bonds is 12. The molecular weight excluding hydrogens is 1490 g/mol. The molecule has 23 rings (SSSR count). The van der Waals surface area contributed by atoms with Crippen LogP contribution < -0.4 is 0 Å². The van der Waals surface area contributed by atoms with Gasteiger partial charge in [0.2, 0.25) is 0 Å². The van der Waals surface area contributed by atoms with Crippen LogP contribution >= 0.6 is 0 Å². The molecule has 12 aromatic carbocycles. The van der Waals surface area contributed by atoms with Crippen LogP contribution in [0.25, 0.3) is 222 Å². The second-order valence-corrected chi connectivity index (χ2v) is 29.6. The minimum Gasteiger partial charge on any atom is -0.256 e. The first-order valence-electron chi connectivity index (χ1n) is 40.2. The van der Waals surface area contributed by atoms with Gasteiger partial charge in [-0.3, -0.25) is 39.9 Å². The molecule has 0 aliphatic carbocycles. The van der Waals surface area contributed by atoms with Gasteiger partial charge >= 0.3 is 0 Å². The van der Waals surface area contributed by atoms with Crippen molar-refractivity contribution >= 4 is 86.6 Å². The summed E-state index contributed by atoms with van der Waals surface area (Å²) in [5.41, 5.74) is 22.0. The van der Waals surface area contributed by atoms with Crippen molar-refractivity contribution < 1.29 is 0 Å². The average Bonchev–Trinajstić information content (AvgIpc) is 0.780. The van der Waals surface area contributed by atoms with Gasteiger partial charge in [0.1, 0.15) is 17.1 Å². The molecule has 0 aliphatic rings. The maximum absolute atomic E-state index is 5.20. The number of nitrogens with zero attached hydrogens (tertiary/aromatic N) is 14. The number of pyridine rings is 9. The molecule has 0 N–H and O–H groups in total. The monoisotopic (exact) mass is 1560 g/mol. The van der Waals surface area contributed by atoms with Crippen LogP contribution in [0.1, 0.15) is 0 Å². The summed E-state index contributed by atoms with van der Waals surface area (Å²) >= 11 is 0. The van der Waals surface area contributed by atoms with Crippen LogP contribution in [-0.4, -0.2) is 69.8 Å². The third kappa shape index (κ3) is 14.5. The number of benzene rings is 12. The molecule has 0 saturated carbocycles. The lowest BCUT2D eigenvalue weighted by molar-refractivity contribution is 1.05. The molecule has 0 radical (unpaired) electrons. The fourth-order valence-corrected chi connectivity index (χ4v) is 16.1. The van der Waals surface area contributed by atoms with E-state index < -0.39 is 0 Å². The van der Waals surface area contributed by atoms with Crippen molar-refractivity contribution in [2.45, 2.75) is 0 Å². The number of hydrogen-bond donors (Lipinski definition) is 0. The van der Waals surface area contributed by atoms with Crippen LogP contribution in [0.15, 0.2) is 414 Å². The lowest BCUT2D eigenvalue weighted by atomic mass is 9.96. The summed E-state index contributed by atoms with van der Waals surface area (Å²) in [6, 6.07) is 124. The van der Waals surface area contributed by atoms with Crippen LogP contribution in [0.3, 0.4) is 0 Å². The zero-order valence-electron chi connectivity index (χ0n) is 65.5. The van der Waals surface area contributed by atoms with E-state index in [-0.39, 0.29) is 0 Å². The van der Waals surface area contributed by atoms with Gasteiger partial charge in [-0.1, -0.05) is 267 Å². The maximum Gasteiger partial charge on any atom is 0.183 e. The Bertz CT molecular complexity index is 7590. The predicted octanol–water partition coefficient (Wildman–Crippen LogP) is 25.8. The smallest absolute Gasteiger partial charge is 0.183 e. The largest absolute Gasteiger partial charge is 0.256 e. The van der Waals surface area contributed by atoms with Gasteiger partial charge in [-0.05, 0) is 146 Å². The number of hydrogen-bond acceptors (Lipinski definition) is 14. The van der Waals surface area contributed by atoms with Crippen molar-refractivity contribution in [2.24, 2.45) is 0 Å². The molecule has 0 saturated heterocycles. The average molecular weight is 1560 g/mol. The van der Waals surface area contributed by atoms with Crippen LogP contribution in [0.2, 0.25) is 0 Å². The fraction of sp³-hybridized carbons (Fsp3) is 0. The molecule has 122 heavy (non-hydrogen) atoms. The molecule has 11 aromatic heterocycles. The molecule has 14 nitrogen and oxygen atoms in total. The Hall–Kier alpha value is -16.8. The van der Waals surface area contributed by atoms with Gasteiger partial charge in [-0.25, -0.2) is 29.9 Å². The fourth-order valence-electron chi connectivity index (χ4n) is 16.1. The molecule has 0 atom stereocenters. The van der Waals surface area contributed by atoms with Crippen molar-refractivity contribution in [3.05, 3.63) is 414 Å². The molecule has 0 aliphatic heterocycles. The predicted molar refractivity (Wildman–Crippen MR) is 494 cm³/mol. The number of fused-ring (bicyclic) bond motifs is 8. The first kappa shape index (κ1) is 72.8. The Morgan fingerprint density at radius 1 is 0.148 bits per heavy atom. The zero-order chi connectivity index (χ0) is 81.1. The van der Waals surface area contributed by atoms with Crippen molar-refractivity contribution in [2.75, 3.05) is 0 Å². The quantitative estimate of drug-likeness (QED) is 0.113. The van der Waals surface area contributed by atoms with E-state index in [0.29, 0.717) is 34.7 Å². The normalized spacial score (nSPS) is 11.3. The summed E-state index contributed by atoms with van der Waals surface area (Å²) in [6.45, 7) is 0. The van der Waals surface area contributed by atoms with Gasteiger partial charge in [-0.15, -0.1) is 0 Å². The minimum absolute atomic E-state index is 0.504. The molecule has 14 heteroatoms. The Morgan fingerprint density at radius 2 is 0.541 bits per heavy atom. The van der Waals surface area contributed by atoms with Gasteiger partial charge in [0.25, 0.3) is 0 Å². The van der Waals surface area contributed by atoms with Gasteiger partial charge in [0.05, 0.1) is 50.7 Å². The molecule has 11 heterocycles. The second kappa shape index (κ2) is 32.3. The summed E-state index contributed by atoms with van der Waals surface area (Å²) < 4.78 is 0. The standard InChI is InChI=1S/C38H24N4.C36H22N6.C34H22N4/c1-4-15-30-25(9-1)12-8-18-33(30)35-24-34(41-38(42-35)37-32-17-6-3-11-27(32)20-22-40-37)28-13-7-14-29(23-28)36-31-16-5-2-10-26(31)19-21-39-36;1-4-10-29-24(7-1)17-19-37-32(29)35-40-34(41-36(42-35)33-30-11-5-2-8-25(30)18-20-38-33)26-15-13-23(14-16-26)28-21-27-9-3-6-12-31(27)39-22-28;1-2-18-35-30(11-1)24-16-14-23(15-17-24)25-21-33(28-7-3-12-31-26(28)9-5-19-36-31)38-34(22-25)29-8-4-13-32-27(29)10-6-20-37-32/h1-24H;1-22H;1-22H. The third-order valence-corrected chi connectivity index (χ3v) is 22.1. The van der Waals surface area contributed by atoms with E-state index in [4.69, 9.17) is 49.8 Å². The lowest BCUT2D eigenvalue weighted by Gasteiger charge is -2.13. The van der Waals surface area contributed by atoms with E-state index in [0.717, 1.165) is 182 Å². The highest BCUT2D eigenvalue weighted by Gasteiger charge is 2.22. The zero-order valence-corrected chi connectivity index (χ0v) is 65.5. The van der Waals surface area contributed by atoms with E-state index in [1.54, 1.807) is 12.4 Å². The van der Waals surface area contributed by atoms with E-state index >= 15 is 0 Å². The van der Waals surface area contributed by atoms with E-state index in [2.05, 4.69) is 226 Å². The van der Waals surface area contributed by atoms with Crippen LogP contribution in [-0.2, 0) is 0 Å². The summed E-state index contributed by atoms with van der Waals surface area (Å²) in [4.78, 5) is 67.5. The molecular formula is C108H68N14. The second-order valence-electron chi connectivity index (χ2n) is 29.6. The summed E-state index contributed by atoms with van der Waals surface area (Å²) in [6.07, 6.45) is 14.7. The molecule has 0 spiro atoms. The molecule has 0 amide bonds. The first-order chi connectivity index (χ1) is 60.4. The number of para-hydroxylation sites is 1. The summed E-state index contributed by atoms with van der Waals surface area (Å²) in [5, 5.41) is 14.1. The highest BCUT2D eigenvalue weighted by molar-refractivity contribution is 6.02. The Kier molecular flexibility index (Phi) is 19.3. The van der Waals surface area contributed by atoms with Crippen molar-refractivity contribution in [3.63, 3.8) is 0 Å².